The van der Waals surface area contributed by atoms with Gasteiger partial charge >= 0.3 is 0 Å². The Morgan fingerprint density at radius 3 is 3.05 bits per heavy atom. The van der Waals surface area contributed by atoms with Gasteiger partial charge in [-0.3, -0.25) is 0 Å². The second kappa shape index (κ2) is 4.86. The van der Waals surface area contributed by atoms with Gasteiger partial charge in [-0.15, -0.1) is 0 Å². The Morgan fingerprint density at radius 1 is 1.50 bits per heavy atom. The van der Waals surface area contributed by atoms with Crippen molar-refractivity contribution in [3.05, 3.63) is 33.0 Å². The van der Waals surface area contributed by atoms with Crippen LogP contribution in [0.2, 0.25) is 5.02 Å². The van der Waals surface area contributed by atoms with Gasteiger partial charge < -0.3 is 11.1 Å². The van der Waals surface area contributed by atoms with Crippen LogP contribution >= 0.6 is 27.5 Å². The molecule has 3 heterocycles. The fourth-order valence-corrected chi connectivity index (χ4v) is 4.51. The van der Waals surface area contributed by atoms with Crippen LogP contribution in [0.5, 0.6) is 0 Å². The van der Waals surface area contributed by atoms with Crippen molar-refractivity contribution in [3.63, 3.8) is 0 Å². The van der Waals surface area contributed by atoms with Crippen LogP contribution in [-0.4, -0.2) is 21.3 Å². The molecule has 1 saturated carbocycles. The Kier molecular flexibility index (Phi) is 3.17. The lowest BCUT2D eigenvalue weighted by atomic mass is 9.81. The molecule has 1 aliphatic heterocycles. The molecule has 1 fully saturated rings. The minimum atomic E-state index is 0.0279. The standard InChI is InChI=1S/C15H17BrClN5/c1-8-5-21-22(13(8)18)9-2-3-15(4-9)7-20-14-11(15)12(17)10(16)6-19-14/h5-6,9H,2-4,7,18H2,1H3,(H,19,20)/t9-,15-/m0/s1. The van der Waals surface area contributed by atoms with E-state index in [4.69, 9.17) is 17.3 Å². The number of hydrogen-bond donors (Lipinski definition) is 2. The van der Waals surface area contributed by atoms with Gasteiger partial charge in [0.1, 0.15) is 11.6 Å². The molecule has 2 atom stereocenters. The molecular formula is C15H17BrClN5. The number of nitrogens with one attached hydrogen (secondary N) is 1. The summed E-state index contributed by atoms with van der Waals surface area (Å²) in [6, 6.07) is 0.316. The molecule has 116 valence electrons. The highest BCUT2D eigenvalue weighted by atomic mass is 79.9. The van der Waals surface area contributed by atoms with Crippen molar-refractivity contribution in [2.45, 2.75) is 37.6 Å². The molecule has 0 saturated heterocycles. The number of aromatic nitrogens is 3. The summed E-state index contributed by atoms with van der Waals surface area (Å²) >= 11 is 10.1. The minimum Gasteiger partial charge on any atom is -0.384 e. The molecule has 0 radical (unpaired) electrons. The van der Waals surface area contributed by atoms with Gasteiger partial charge in [0.15, 0.2) is 0 Å². The van der Waals surface area contributed by atoms with Crippen molar-refractivity contribution in [2.24, 2.45) is 0 Å². The van der Waals surface area contributed by atoms with Crippen LogP contribution < -0.4 is 11.1 Å². The van der Waals surface area contributed by atoms with Gasteiger partial charge in [-0.25, -0.2) is 9.67 Å². The number of nitrogens with zero attached hydrogens (tertiary/aromatic N) is 3. The van der Waals surface area contributed by atoms with Crippen molar-refractivity contribution in [2.75, 3.05) is 17.6 Å². The molecule has 0 amide bonds. The van der Waals surface area contributed by atoms with Gasteiger partial charge in [0, 0.05) is 29.3 Å². The zero-order valence-corrected chi connectivity index (χ0v) is 14.6. The minimum absolute atomic E-state index is 0.0279. The molecule has 2 aliphatic rings. The van der Waals surface area contributed by atoms with Crippen molar-refractivity contribution >= 4 is 39.2 Å². The van der Waals surface area contributed by atoms with Crippen LogP contribution in [-0.2, 0) is 5.41 Å². The van der Waals surface area contributed by atoms with Gasteiger partial charge in [0.05, 0.1) is 21.7 Å². The molecule has 2 aromatic rings. The predicted molar refractivity (Wildman–Crippen MR) is 91.4 cm³/mol. The topological polar surface area (TPSA) is 68.8 Å². The van der Waals surface area contributed by atoms with E-state index in [0.29, 0.717) is 6.04 Å². The number of nitrogen functional groups attached to an aromatic ring is 1. The third-order valence-electron chi connectivity index (χ3n) is 5.05. The maximum absolute atomic E-state index is 6.56. The van der Waals surface area contributed by atoms with Crippen LogP contribution in [0.3, 0.4) is 0 Å². The van der Waals surface area contributed by atoms with E-state index in [0.717, 1.165) is 58.1 Å². The normalized spacial score (nSPS) is 26.4. The smallest absolute Gasteiger partial charge is 0.131 e. The highest BCUT2D eigenvalue weighted by molar-refractivity contribution is 9.10. The molecule has 0 unspecified atom stereocenters. The van der Waals surface area contributed by atoms with E-state index in [1.807, 2.05) is 17.8 Å². The molecule has 5 nitrogen and oxygen atoms in total. The van der Waals surface area contributed by atoms with E-state index in [9.17, 15) is 0 Å². The van der Waals surface area contributed by atoms with Crippen molar-refractivity contribution in [3.8, 4) is 0 Å². The zero-order valence-electron chi connectivity index (χ0n) is 12.2. The van der Waals surface area contributed by atoms with Gasteiger partial charge in [0.25, 0.3) is 0 Å². The first-order valence-corrected chi connectivity index (χ1v) is 8.57. The van der Waals surface area contributed by atoms with Crippen LogP contribution in [0.15, 0.2) is 16.9 Å². The maximum atomic E-state index is 6.56. The van der Waals surface area contributed by atoms with Crippen LogP contribution in [0, 0.1) is 6.92 Å². The highest BCUT2D eigenvalue weighted by Gasteiger charge is 2.48. The second-order valence-corrected chi connectivity index (χ2v) is 7.56. The van der Waals surface area contributed by atoms with E-state index < -0.39 is 0 Å². The zero-order chi connectivity index (χ0) is 15.5. The molecular weight excluding hydrogens is 366 g/mol. The molecule has 22 heavy (non-hydrogen) atoms. The van der Waals surface area contributed by atoms with E-state index >= 15 is 0 Å². The van der Waals surface area contributed by atoms with Crippen LogP contribution in [0.4, 0.5) is 11.6 Å². The second-order valence-electron chi connectivity index (χ2n) is 6.33. The third-order valence-corrected chi connectivity index (χ3v) is 6.27. The first-order valence-electron chi connectivity index (χ1n) is 7.40. The summed E-state index contributed by atoms with van der Waals surface area (Å²) < 4.78 is 2.83. The molecule has 2 aromatic heterocycles. The van der Waals surface area contributed by atoms with E-state index in [2.05, 4.69) is 31.3 Å². The lowest BCUT2D eigenvalue weighted by Gasteiger charge is -2.24. The van der Waals surface area contributed by atoms with E-state index in [-0.39, 0.29) is 5.41 Å². The average molecular weight is 383 g/mol. The SMILES string of the molecule is Cc1cnn([C@H]2CC[C@@]3(CNc4ncc(Br)c(Cl)c43)C2)c1N. The third kappa shape index (κ3) is 1.90. The maximum Gasteiger partial charge on any atom is 0.131 e. The van der Waals surface area contributed by atoms with Gasteiger partial charge in [-0.2, -0.15) is 5.10 Å². The molecule has 7 heteroatoms. The van der Waals surface area contributed by atoms with Crippen molar-refractivity contribution in [1.82, 2.24) is 14.8 Å². The summed E-state index contributed by atoms with van der Waals surface area (Å²) in [6.45, 7) is 2.87. The van der Waals surface area contributed by atoms with E-state index in [1.165, 1.54) is 0 Å². The van der Waals surface area contributed by atoms with Crippen LogP contribution in [0.25, 0.3) is 0 Å². The molecule has 0 bridgehead atoms. The highest BCUT2D eigenvalue weighted by Crippen LogP contribution is 2.54. The van der Waals surface area contributed by atoms with Gasteiger partial charge in [-0.05, 0) is 42.1 Å². The van der Waals surface area contributed by atoms with Gasteiger partial charge in [-0.1, -0.05) is 11.6 Å². The summed E-state index contributed by atoms with van der Waals surface area (Å²) in [4.78, 5) is 4.47. The monoisotopic (exact) mass is 381 g/mol. The first-order chi connectivity index (χ1) is 10.5. The number of halogens is 2. The largest absolute Gasteiger partial charge is 0.384 e. The summed E-state index contributed by atoms with van der Waals surface area (Å²) in [5.41, 5.74) is 8.37. The average Bonchev–Trinajstić information content (AvgIpc) is 3.17. The summed E-state index contributed by atoms with van der Waals surface area (Å²) in [7, 11) is 0. The Hall–Kier alpha value is -1.27. The Balaban J connectivity index is 1.73. The number of pyridine rings is 1. The number of rotatable bonds is 1. The lowest BCUT2D eigenvalue weighted by Crippen LogP contribution is -2.26. The fraction of sp³-hybridized carbons (Fsp3) is 0.467. The van der Waals surface area contributed by atoms with E-state index in [1.54, 1.807) is 6.20 Å². The fourth-order valence-electron chi connectivity index (χ4n) is 3.87. The number of nitrogens with two attached hydrogens (primary N) is 1. The predicted octanol–water partition coefficient (Wildman–Crippen LogP) is 3.67. The molecule has 3 N–H and O–H groups in total. The summed E-state index contributed by atoms with van der Waals surface area (Å²) in [5.74, 6) is 1.69. The summed E-state index contributed by atoms with van der Waals surface area (Å²) in [6.07, 6.45) is 6.69. The Labute approximate surface area is 142 Å². The Morgan fingerprint density at radius 2 is 2.32 bits per heavy atom. The van der Waals surface area contributed by atoms with Gasteiger partial charge in [0.2, 0.25) is 0 Å². The van der Waals surface area contributed by atoms with Crippen molar-refractivity contribution in [1.29, 1.82) is 0 Å². The first kappa shape index (κ1) is 14.3. The Bertz CT molecular complexity index is 759. The number of fused-ring (bicyclic) bond motifs is 2. The summed E-state index contributed by atoms with van der Waals surface area (Å²) in [5, 5.41) is 8.65. The van der Waals surface area contributed by atoms with Crippen molar-refractivity contribution < 1.29 is 0 Å². The van der Waals surface area contributed by atoms with Crippen LogP contribution in [0.1, 0.15) is 36.4 Å². The molecule has 0 aromatic carbocycles. The number of anilines is 2. The quantitative estimate of drug-likeness (QED) is 0.789. The molecule has 1 aliphatic carbocycles. The number of hydrogen-bond acceptors (Lipinski definition) is 4. The number of aryl methyl sites for hydroxylation is 1. The lowest BCUT2D eigenvalue weighted by molar-refractivity contribution is 0.422. The molecule has 1 spiro atoms. The molecule has 4 rings (SSSR count).